The maximum atomic E-state index is 4.34. The standard InChI is InChI=1S/C10H15BrN2S/c1-14-7-3-6-12-8-9-4-2-5-10(11)13-9/h2,4-5,12H,3,6-8H2,1H3. The van der Waals surface area contributed by atoms with E-state index in [0.29, 0.717) is 0 Å². The van der Waals surface area contributed by atoms with Crippen LogP contribution in [0.4, 0.5) is 0 Å². The van der Waals surface area contributed by atoms with Gasteiger partial charge in [-0.1, -0.05) is 6.07 Å². The van der Waals surface area contributed by atoms with Gasteiger partial charge >= 0.3 is 0 Å². The quantitative estimate of drug-likeness (QED) is 0.638. The van der Waals surface area contributed by atoms with Crippen molar-refractivity contribution in [2.75, 3.05) is 18.6 Å². The molecule has 2 nitrogen and oxygen atoms in total. The molecular weight excluding hydrogens is 260 g/mol. The first-order valence-electron chi connectivity index (χ1n) is 4.64. The number of hydrogen-bond acceptors (Lipinski definition) is 3. The first kappa shape index (κ1) is 12.0. The SMILES string of the molecule is CSCCCNCc1cccc(Br)n1. The number of rotatable bonds is 6. The van der Waals surface area contributed by atoms with Gasteiger partial charge < -0.3 is 5.32 Å². The van der Waals surface area contributed by atoms with Crippen molar-refractivity contribution in [1.29, 1.82) is 0 Å². The van der Waals surface area contributed by atoms with Gasteiger partial charge in [-0.2, -0.15) is 11.8 Å². The second kappa shape index (κ2) is 7.26. The van der Waals surface area contributed by atoms with Crippen molar-refractivity contribution in [1.82, 2.24) is 10.3 Å². The summed E-state index contributed by atoms with van der Waals surface area (Å²) in [6.07, 6.45) is 3.35. The van der Waals surface area contributed by atoms with Crippen molar-refractivity contribution >= 4 is 27.7 Å². The molecule has 78 valence electrons. The number of nitrogens with one attached hydrogen (secondary N) is 1. The van der Waals surface area contributed by atoms with E-state index in [-0.39, 0.29) is 0 Å². The van der Waals surface area contributed by atoms with Crippen LogP contribution in [0.1, 0.15) is 12.1 Å². The summed E-state index contributed by atoms with van der Waals surface area (Å²) >= 11 is 5.24. The molecule has 1 rings (SSSR count). The third-order valence-corrected chi connectivity index (χ3v) is 2.92. The van der Waals surface area contributed by atoms with Crippen LogP contribution in [0.3, 0.4) is 0 Å². The first-order chi connectivity index (χ1) is 6.83. The first-order valence-corrected chi connectivity index (χ1v) is 6.82. The molecule has 1 N–H and O–H groups in total. The van der Waals surface area contributed by atoms with Gasteiger partial charge in [0, 0.05) is 6.54 Å². The molecular formula is C10H15BrN2S. The summed E-state index contributed by atoms with van der Waals surface area (Å²) in [7, 11) is 0. The Morgan fingerprint density at radius 3 is 3.07 bits per heavy atom. The zero-order valence-electron chi connectivity index (χ0n) is 8.29. The lowest BCUT2D eigenvalue weighted by atomic mass is 10.3. The predicted octanol–water partition coefficient (Wildman–Crippen LogP) is 2.69. The minimum absolute atomic E-state index is 0.855. The fourth-order valence-electron chi connectivity index (χ4n) is 1.11. The third kappa shape index (κ3) is 4.98. The molecule has 1 aromatic heterocycles. The van der Waals surface area contributed by atoms with E-state index < -0.39 is 0 Å². The Morgan fingerprint density at radius 2 is 2.36 bits per heavy atom. The van der Waals surface area contributed by atoms with Crippen molar-refractivity contribution in [3.05, 3.63) is 28.5 Å². The minimum atomic E-state index is 0.855. The highest BCUT2D eigenvalue weighted by Gasteiger charge is 1.94. The van der Waals surface area contributed by atoms with Crippen LogP contribution in [0.5, 0.6) is 0 Å². The predicted molar refractivity (Wildman–Crippen MR) is 66.6 cm³/mol. The van der Waals surface area contributed by atoms with Crippen LogP contribution in [0, 0.1) is 0 Å². The van der Waals surface area contributed by atoms with Crippen molar-refractivity contribution < 1.29 is 0 Å². The van der Waals surface area contributed by atoms with Crippen LogP contribution >= 0.6 is 27.7 Å². The second-order valence-electron chi connectivity index (χ2n) is 2.97. The van der Waals surface area contributed by atoms with Gasteiger partial charge in [-0.15, -0.1) is 0 Å². The van der Waals surface area contributed by atoms with E-state index in [0.717, 1.165) is 23.4 Å². The molecule has 4 heteroatoms. The Bertz CT molecular complexity index is 268. The third-order valence-electron chi connectivity index (χ3n) is 1.78. The maximum absolute atomic E-state index is 4.34. The van der Waals surface area contributed by atoms with E-state index in [1.54, 1.807) is 0 Å². The Labute approximate surface area is 98.0 Å². The van der Waals surface area contributed by atoms with Gasteiger partial charge in [0.1, 0.15) is 4.60 Å². The molecule has 0 unspecified atom stereocenters. The average molecular weight is 275 g/mol. The van der Waals surface area contributed by atoms with Crippen LogP contribution in [0.25, 0.3) is 0 Å². The number of halogens is 1. The van der Waals surface area contributed by atoms with E-state index in [1.807, 2.05) is 30.0 Å². The largest absolute Gasteiger partial charge is 0.311 e. The molecule has 0 saturated carbocycles. The Kier molecular flexibility index (Phi) is 6.23. The van der Waals surface area contributed by atoms with E-state index in [4.69, 9.17) is 0 Å². The number of pyridine rings is 1. The smallest absolute Gasteiger partial charge is 0.106 e. The number of aromatic nitrogens is 1. The number of nitrogens with zero attached hydrogens (tertiary/aromatic N) is 1. The number of hydrogen-bond donors (Lipinski definition) is 1. The topological polar surface area (TPSA) is 24.9 Å². The van der Waals surface area contributed by atoms with Gasteiger partial charge in [0.25, 0.3) is 0 Å². The fraction of sp³-hybridized carbons (Fsp3) is 0.500. The molecule has 0 fully saturated rings. The van der Waals surface area contributed by atoms with Crippen molar-refractivity contribution in [3.63, 3.8) is 0 Å². The Balaban J connectivity index is 2.18. The second-order valence-corrected chi connectivity index (χ2v) is 4.77. The molecule has 0 aliphatic heterocycles. The number of thioether (sulfide) groups is 1. The summed E-state index contributed by atoms with van der Waals surface area (Å²) in [6.45, 7) is 1.92. The van der Waals surface area contributed by atoms with Gasteiger partial charge in [0.05, 0.1) is 5.69 Å². The molecule has 0 spiro atoms. The van der Waals surface area contributed by atoms with Crippen LogP contribution in [0.2, 0.25) is 0 Å². The summed E-state index contributed by atoms with van der Waals surface area (Å²) in [4.78, 5) is 4.34. The molecule has 0 atom stereocenters. The van der Waals surface area contributed by atoms with Crippen LogP contribution < -0.4 is 5.32 Å². The van der Waals surface area contributed by atoms with E-state index >= 15 is 0 Å². The molecule has 0 amide bonds. The molecule has 0 saturated heterocycles. The van der Waals surface area contributed by atoms with Gasteiger partial charge in [-0.25, -0.2) is 4.98 Å². The maximum Gasteiger partial charge on any atom is 0.106 e. The molecule has 0 radical (unpaired) electrons. The lowest BCUT2D eigenvalue weighted by Crippen LogP contribution is -2.16. The molecule has 0 aromatic carbocycles. The molecule has 0 bridgehead atoms. The molecule has 14 heavy (non-hydrogen) atoms. The average Bonchev–Trinajstić information content (AvgIpc) is 2.18. The van der Waals surface area contributed by atoms with Crippen molar-refractivity contribution in [2.45, 2.75) is 13.0 Å². The summed E-state index contributed by atoms with van der Waals surface area (Å²) in [5.74, 6) is 1.22. The highest BCUT2D eigenvalue weighted by Crippen LogP contribution is 2.05. The molecule has 0 aliphatic rings. The fourth-order valence-corrected chi connectivity index (χ4v) is 1.92. The van der Waals surface area contributed by atoms with Gasteiger partial charge in [-0.3, -0.25) is 0 Å². The highest BCUT2D eigenvalue weighted by molar-refractivity contribution is 9.10. The minimum Gasteiger partial charge on any atom is -0.311 e. The van der Waals surface area contributed by atoms with Crippen molar-refractivity contribution in [3.8, 4) is 0 Å². The summed E-state index contributed by atoms with van der Waals surface area (Å²) in [6, 6.07) is 5.99. The summed E-state index contributed by atoms with van der Waals surface area (Å²) < 4.78 is 0.904. The van der Waals surface area contributed by atoms with Gasteiger partial charge in [0.2, 0.25) is 0 Å². The molecule has 1 aromatic rings. The van der Waals surface area contributed by atoms with Crippen molar-refractivity contribution in [2.24, 2.45) is 0 Å². The summed E-state index contributed by atoms with van der Waals surface area (Å²) in [5.41, 5.74) is 1.09. The van der Waals surface area contributed by atoms with E-state index in [1.165, 1.54) is 12.2 Å². The Hall–Kier alpha value is -0.0600. The molecule has 0 aliphatic carbocycles. The zero-order chi connectivity index (χ0) is 10.2. The van der Waals surface area contributed by atoms with Crippen LogP contribution in [-0.4, -0.2) is 23.5 Å². The van der Waals surface area contributed by atoms with E-state index in [9.17, 15) is 0 Å². The van der Waals surface area contributed by atoms with Crippen LogP contribution in [-0.2, 0) is 6.54 Å². The molecule has 1 heterocycles. The highest BCUT2D eigenvalue weighted by atomic mass is 79.9. The monoisotopic (exact) mass is 274 g/mol. The van der Waals surface area contributed by atoms with E-state index in [2.05, 4.69) is 32.5 Å². The van der Waals surface area contributed by atoms with Crippen LogP contribution in [0.15, 0.2) is 22.8 Å². The zero-order valence-corrected chi connectivity index (χ0v) is 10.7. The normalized spacial score (nSPS) is 10.4. The lowest BCUT2D eigenvalue weighted by Gasteiger charge is -2.03. The summed E-state index contributed by atoms with van der Waals surface area (Å²) in [5, 5.41) is 3.37. The van der Waals surface area contributed by atoms with Gasteiger partial charge in [0.15, 0.2) is 0 Å². The Morgan fingerprint density at radius 1 is 1.50 bits per heavy atom. The van der Waals surface area contributed by atoms with Gasteiger partial charge in [-0.05, 0) is 53.0 Å². The lowest BCUT2D eigenvalue weighted by molar-refractivity contribution is 0.666.